The van der Waals surface area contributed by atoms with Gasteiger partial charge in [-0.25, -0.2) is 9.37 Å². The lowest BCUT2D eigenvalue weighted by Crippen LogP contribution is -2.39. The highest BCUT2D eigenvalue weighted by Gasteiger charge is 2.15. The van der Waals surface area contributed by atoms with Crippen molar-refractivity contribution in [1.82, 2.24) is 15.6 Å². The van der Waals surface area contributed by atoms with Crippen LogP contribution in [0.5, 0.6) is 0 Å². The fraction of sp³-hybridized carbons (Fsp3) is 0.474. The largest absolute Gasteiger partial charge is 0.356 e. The molecule has 1 aliphatic rings. The summed E-state index contributed by atoms with van der Waals surface area (Å²) in [6, 6.07) is 6.87. The minimum Gasteiger partial charge on any atom is -0.356 e. The van der Waals surface area contributed by atoms with Gasteiger partial charge in [0.05, 0.1) is 5.69 Å². The highest BCUT2D eigenvalue weighted by atomic mass is 127. The van der Waals surface area contributed by atoms with Crippen LogP contribution in [-0.2, 0) is 12.8 Å². The van der Waals surface area contributed by atoms with Crippen molar-refractivity contribution in [3.8, 4) is 0 Å². The topological polar surface area (TPSA) is 52.6 Å². The number of rotatable bonds is 7. The Balaban J connectivity index is 0.00000261. The molecule has 1 fully saturated rings. The van der Waals surface area contributed by atoms with E-state index in [4.69, 9.17) is 4.98 Å². The third kappa shape index (κ3) is 6.60. The van der Waals surface area contributed by atoms with Crippen LogP contribution in [0.4, 0.5) is 9.52 Å². The molecular formula is C19H27FIN5S. The van der Waals surface area contributed by atoms with Gasteiger partial charge in [0.2, 0.25) is 0 Å². The van der Waals surface area contributed by atoms with E-state index >= 15 is 0 Å². The molecule has 1 saturated heterocycles. The van der Waals surface area contributed by atoms with Crippen molar-refractivity contribution in [1.29, 1.82) is 0 Å². The van der Waals surface area contributed by atoms with Gasteiger partial charge in [-0.05, 0) is 30.9 Å². The monoisotopic (exact) mass is 503 g/mol. The number of aliphatic imine (C=N–C) groups is 1. The maximum atomic E-state index is 13.6. The lowest BCUT2D eigenvalue weighted by atomic mass is 10.1. The van der Waals surface area contributed by atoms with Gasteiger partial charge in [-0.3, -0.25) is 4.99 Å². The number of aromatic nitrogens is 1. The number of nitrogens with one attached hydrogen (secondary N) is 2. The Labute approximate surface area is 181 Å². The quantitative estimate of drug-likeness (QED) is 0.346. The first-order valence-electron chi connectivity index (χ1n) is 9.13. The predicted octanol–water partition coefficient (Wildman–Crippen LogP) is 3.45. The van der Waals surface area contributed by atoms with E-state index in [0.29, 0.717) is 18.5 Å². The van der Waals surface area contributed by atoms with Gasteiger partial charge in [-0.2, -0.15) is 0 Å². The molecule has 1 aromatic heterocycles. The summed E-state index contributed by atoms with van der Waals surface area (Å²) in [4.78, 5) is 11.3. The van der Waals surface area contributed by atoms with Gasteiger partial charge < -0.3 is 15.5 Å². The summed E-state index contributed by atoms with van der Waals surface area (Å²) in [5, 5.41) is 9.81. The van der Waals surface area contributed by atoms with Crippen molar-refractivity contribution in [3.63, 3.8) is 0 Å². The first-order chi connectivity index (χ1) is 12.8. The lowest BCUT2D eigenvalue weighted by molar-refractivity contribution is 0.606. The fourth-order valence-corrected chi connectivity index (χ4v) is 3.92. The van der Waals surface area contributed by atoms with Gasteiger partial charge in [0.1, 0.15) is 5.82 Å². The van der Waals surface area contributed by atoms with Crippen LogP contribution in [0, 0.1) is 5.82 Å². The van der Waals surface area contributed by atoms with Crippen molar-refractivity contribution < 1.29 is 4.39 Å². The van der Waals surface area contributed by atoms with Crippen molar-refractivity contribution >= 4 is 46.4 Å². The normalized spacial score (nSPS) is 14.1. The Morgan fingerprint density at radius 2 is 1.89 bits per heavy atom. The van der Waals surface area contributed by atoms with Crippen molar-refractivity contribution in [2.75, 3.05) is 38.1 Å². The molecule has 1 aliphatic heterocycles. The molecule has 27 heavy (non-hydrogen) atoms. The highest BCUT2D eigenvalue weighted by molar-refractivity contribution is 14.0. The molecule has 3 rings (SSSR count). The number of anilines is 1. The van der Waals surface area contributed by atoms with E-state index in [0.717, 1.165) is 42.8 Å². The fourth-order valence-electron chi connectivity index (χ4n) is 3.01. The average Bonchev–Trinajstić information content (AvgIpc) is 3.33. The van der Waals surface area contributed by atoms with Crippen molar-refractivity contribution in [2.24, 2.45) is 4.99 Å². The Bertz CT molecular complexity index is 730. The number of thiazole rings is 1. The van der Waals surface area contributed by atoms with Crippen LogP contribution in [0.25, 0.3) is 0 Å². The number of halogens is 2. The molecule has 2 heterocycles. The summed E-state index contributed by atoms with van der Waals surface area (Å²) in [5.74, 6) is 0.575. The third-order valence-electron chi connectivity index (χ3n) is 4.46. The number of guanidine groups is 1. The summed E-state index contributed by atoms with van der Waals surface area (Å²) in [7, 11) is 1.74. The van der Waals surface area contributed by atoms with Crippen LogP contribution in [0.15, 0.2) is 34.6 Å². The molecule has 0 unspecified atom stereocenters. The molecule has 2 aromatic rings. The first kappa shape index (κ1) is 21.9. The van der Waals surface area contributed by atoms with Gasteiger partial charge in [0, 0.05) is 45.0 Å². The number of benzene rings is 1. The van der Waals surface area contributed by atoms with E-state index in [-0.39, 0.29) is 29.8 Å². The van der Waals surface area contributed by atoms with Gasteiger partial charge in [-0.15, -0.1) is 35.3 Å². The summed E-state index contributed by atoms with van der Waals surface area (Å²) in [5.41, 5.74) is 1.83. The van der Waals surface area contributed by atoms with Crippen LogP contribution in [0.3, 0.4) is 0 Å². The SMILES string of the molecule is CN=C(NCCc1csc(N2CCCC2)n1)NCCc1ccccc1F.I. The molecule has 0 radical (unpaired) electrons. The molecule has 8 heteroatoms. The van der Waals surface area contributed by atoms with Crippen LogP contribution in [0.2, 0.25) is 0 Å². The summed E-state index contributed by atoms with van der Waals surface area (Å²) < 4.78 is 13.6. The Kier molecular flexibility index (Phi) is 9.26. The Morgan fingerprint density at radius 1 is 1.19 bits per heavy atom. The zero-order valence-electron chi connectivity index (χ0n) is 15.6. The van der Waals surface area contributed by atoms with Crippen LogP contribution >= 0.6 is 35.3 Å². The van der Waals surface area contributed by atoms with Crippen LogP contribution in [0.1, 0.15) is 24.1 Å². The lowest BCUT2D eigenvalue weighted by Gasteiger charge is -2.12. The van der Waals surface area contributed by atoms with Gasteiger partial charge in [-0.1, -0.05) is 18.2 Å². The maximum absolute atomic E-state index is 13.6. The van der Waals surface area contributed by atoms with E-state index in [2.05, 4.69) is 25.9 Å². The summed E-state index contributed by atoms with van der Waals surface area (Å²) in [6.45, 7) is 3.66. The van der Waals surface area contributed by atoms with Crippen LogP contribution in [-0.4, -0.2) is 44.2 Å². The second-order valence-electron chi connectivity index (χ2n) is 6.33. The summed E-state index contributed by atoms with van der Waals surface area (Å²) in [6.07, 6.45) is 4.02. The molecule has 5 nitrogen and oxygen atoms in total. The molecule has 148 valence electrons. The van der Waals surface area contributed by atoms with Gasteiger partial charge in [0.25, 0.3) is 0 Å². The molecule has 0 atom stereocenters. The zero-order chi connectivity index (χ0) is 18.2. The number of hydrogen-bond donors (Lipinski definition) is 2. The van der Waals surface area contributed by atoms with Gasteiger partial charge in [0.15, 0.2) is 11.1 Å². The second-order valence-corrected chi connectivity index (χ2v) is 7.17. The van der Waals surface area contributed by atoms with E-state index in [9.17, 15) is 4.39 Å². The number of nitrogens with zero attached hydrogens (tertiary/aromatic N) is 3. The molecular weight excluding hydrogens is 476 g/mol. The molecule has 0 amide bonds. The molecule has 0 saturated carbocycles. The minimum absolute atomic E-state index is 0. The molecule has 1 aromatic carbocycles. The second kappa shape index (κ2) is 11.4. The number of hydrogen-bond acceptors (Lipinski definition) is 4. The molecule has 0 aliphatic carbocycles. The van der Waals surface area contributed by atoms with Gasteiger partial charge >= 0.3 is 0 Å². The Morgan fingerprint density at radius 3 is 2.59 bits per heavy atom. The maximum Gasteiger partial charge on any atom is 0.190 e. The van der Waals surface area contributed by atoms with Crippen LogP contribution < -0.4 is 15.5 Å². The van der Waals surface area contributed by atoms with Crippen molar-refractivity contribution in [2.45, 2.75) is 25.7 Å². The predicted molar refractivity (Wildman–Crippen MR) is 122 cm³/mol. The smallest absolute Gasteiger partial charge is 0.190 e. The Hall–Kier alpha value is -1.42. The zero-order valence-corrected chi connectivity index (χ0v) is 18.7. The van der Waals surface area contributed by atoms with E-state index < -0.39 is 0 Å². The standard InChI is InChI=1S/C19H26FN5S.HI/c1-21-18(22-10-8-15-6-2-3-7-17(15)20)23-11-9-16-14-26-19(24-16)25-12-4-5-13-25;/h2-3,6-7,14H,4-5,8-13H2,1H3,(H2,21,22,23);1H. The average molecular weight is 503 g/mol. The first-order valence-corrected chi connectivity index (χ1v) is 10.0. The molecule has 2 N–H and O–H groups in total. The van der Waals surface area contributed by atoms with E-state index in [1.165, 1.54) is 18.9 Å². The van der Waals surface area contributed by atoms with Crippen molar-refractivity contribution in [3.05, 3.63) is 46.7 Å². The summed E-state index contributed by atoms with van der Waals surface area (Å²) >= 11 is 1.73. The third-order valence-corrected chi connectivity index (χ3v) is 5.41. The highest BCUT2D eigenvalue weighted by Crippen LogP contribution is 2.24. The van der Waals surface area contributed by atoms with E-state index in [1.54, 1.807) is 24.5 Å². The molecule has 0 spiro atoms. The minimum atomic E-state index is -0.158. The van der Waals surface area contributed by atoms with E-state index in [1.807, 2.05) is 12.1 Å². The molecule has 0 bridgehead atoms.